The van der Waals surface area contributed by atoms with Crippen LogP contribution in [-0.4, -0.2) is 58.7 Å². The molecule has 1 unspecified atom stereocenters. The van der Waals surface area contributed by atoms with Crippen molar-refractivity contribution < 1.29 is 14.0 Å². The highest BCUT2D eigenvalue weighted by molar-refractivity contribution is 6.33. The van der Waals surface area contributed by atoms with Gasteiger partial charge in [0.1, 0.15) is 11.1 Å². The largest absolute Gasteiger partial charge is 0.459 e. The van der Waals surface area contributed by atoms with Gasteiger partial charge in [-0.3, -0.25) is 14.4 Å². The molecule has 0 spiro atoms. The third kappa shape index (κ3) is 4.38. The number of benzene rings is 1. The van der Waals surface area contributed by atoms with Gasteiger partial charge in [0.25, 0.3) is 11.5 Å². The lowest BCUT2D eigenvalue weighted by molar-refractivity contribution is -0.133. The van der Waals surface area contributed by atoms with E-state index in [1.54, 1.807) is 36.2 Å². The minimum Gasteiger partial charge on any atom is -0.459 e. The first kappa shape index (κ1) is 21.6. The summed E-state index contributed by atoms with van der Waals surface area (Å²) in [5.41, 5.74) is 0.769. The molecule has 0 bridgehead atoms. The van der Waals surface area contributed by atoms with Gasteiger partial charge < -0.3 is 19.5 Å². The van der Waals surface area contributed by atoms with E-state index < -0.39 is 17.5 Å². The highest BCUT2D eigenvalue weighted by Crippen LogP contribution is 2.23. The van der Waals surface area contributed by atoms with E-state index in [-0.39, 0.29) is 16.7 Å². The molecule has 1 aromatic carbocycles. The second-order valence-electron chi connectivity index (χ2n) is 7.38. The molecule has 3 aromatic rings. The number of hydrogen-bond donors (Lipinski definition) is 1. The molecule has 0 radical (unpaired) electrons. The molecule has 1 fully saturated rings. The van der Waals surface area contributed by atoms with Gasteiger partial charge in [-0.1, -0.05) is 29.8 Å². The number of nitrogens with one attached hydrogen (secondary N) is 1. The Morgan fingerprint density at radius 1 is 1.09 bits per heavy atom. The van der Waals surface area contributed by atoms with Crippen molar-refractivity contribution >= 4 is 29.1 Å². The Kier molecular flexibility index (Phi) is 6.27. The van der Waals surface area contributed by atoms with Crippen LogP contribution in [0.3, 0.4) is 0 Å². The van der Waals surface area contributed by atoms with Crippen molar-refractivity contribution in [2.24, 2.45) is 0 Å². The third-order valence-electron chi connectivity index (χ3n) is 5.30. The topological polar surface area (TPSA) is 101 Å². The van der Waals surface area contributed by atoms with E-state index in [1.165, 1.54) is 17.0 Å². The van der Waals surface area contributed by atoms with Crippen LogP contribution in [-0.2, 0) is 4.79 Å². The Labute approximate surface area is 189 Å². The van der Waals surface area contributed by atoms with E-state index in [2.05, 4.69) is 10.4 Å². The first-order valence-corrected chi connectivity index (χ1v) is 10.5. The van der Waals surface area contributed by atoms with Gasteiger partial charge in [0.15, 0.2) is 5.76 Å². The van der Waals surface area contributed by atoms with Gasteiger partial charge in [0, 0.05) is 26.2 Å². The average Bonchev–Trinajstić information content (AvgIpc) is 3.36. The fraction of sp³-hybridized carbons (Fsp3) is 0.273. The van der Waals surface area contributed by atoms with E-state index in [9.17, 15) is 14.4 Å². The normalized spacial score (nSPS) is 14.8. The second kappa shape index (κ2) is 9.27. The number of hydrogen-bond acceptors (Lipinski definition) is 6. The number of carbonyl (C=O) groups is 2. The van der Waals surface area contributed by atoms with Crippen molar-refractivity contribution in [3.8, 4) is 5.69 Å². The number of rotatable bonds is 5. The maximum absolute atomic E-state index is 12.7. The highest BCUT2D eigenvalue weighted by atomic mass is 35.5. The molecule has 1 atom stereocenters. The van der Waals surface area contributed by atoms with Crippen LogP contribution in [0.25, 0.3) is 5.69 Å². The minimum atomic E-state index is -0.695. The summed E-state index contributed by atoms with van der Waals surface area (Å²) in [6.45, 7) is 3.47. The zero-order chi connectivity index (χ0) is 22.7. The molecule has 3 heterocycles. The Bertz CT molecular complexity index is 1150. The maximum Gasteiger partial charge on any atom is 0.292 e. The first-order chi connectivity index (χ1) is 15.5. The quantitative estimate of drug-likeness (QED) is 0.631. The molecule has 1 N–H and O–H groups in total. The molecule has 10 heteroatoms. The highest BCUT2D eigenvalue weighted by Gasteiger charge is 2.28. The van der Waals surface area contributed by atoms with Gasteiger partial charge in [-0.2, -0.15) is 9.78 Å². The zero-order valence-electron chi connectivity index (χ0n) is 17.4. The Morgan fingerprint density at radius 2 is 1.81 bits per heavy atom. The minimum absolute atomic E-state index is 0.0858. The lowest BCUT2D eigenvalue weighted by Gasteiger charge is -2.37. The Morgan fingerprint density at radius 3 is 2.47 bits per heavy atom. The summed E-state index contributed by atoms with van der Waals surface area (Å²) in [5.74, 6) is -0.471. The van der Waals surface area contributed by atoms with Gasteiger partial charge >= 0.3 is 0 Å². The van der Waals surface area contributed by atoms with Crippen LogP contribution in [0.1, 0.15) is 17.5 Å². The summed E-state index contributed by atoms with van der Waals surface area (Å²) in [6.07, 6.45) is 2.97. The van der Waals surface area contributed by atoms with Crippen molar-refractivity contribution in [3.05, 3.63) is 76.1 Å². The average molecular weight is 456 g/mol. The van der Waals surface area contributed by atoms with Gasteiger partial charge in [-0.25, -0.2) is 0 Å². The first-order valence-electron chi connectivity index (χ1n) is 10.2. The summed E-state index contributed by atoms with van der Waals surface area (Å²) in [7, 11) is 0. The van der Waals surface area contributed by atoms with Crippen LogP contribution in [0.2, 0.25) is 5.02 Å². The number of aromatic nitrogens is 2. The number of anilines is 1. The Balaban J connectivity index is 1.39. The number of nitrogens with zero attached hydrogens (tertiary/aromatic N) is 4. The standard InChI is InChI=1S/C22H22ClN5O4/c1-15(25-20(29)18-8-5-13-32-18)21(30)27-11-9-26(10-12-27)17-14-24-28(22(31)19(17)23)16-6-3-2-4-7-16/h2-8,13-15H,9-12H2,1H3,(H,25,29). The van der Waals surface area contributed by atoms with Crippen molar-refractivity contribution in [1.29, 1.82) is 0 Å². The summed E-state index contributed by atoms with van der Waals surface area (Å²) in [5, 5.41) is 7.00. The monoisotopic (exact) mass is 455 g/mol. The maximum atomic E-state index is 12.7. The molecular weight excluding hydrogens is 434 g/mol. The molecule has 2 aromatic heterocycles. The van der Waals surface area contributed by atoms with E-state index in [1.807, 2.05) is 23.1 Å². The number of amides is 2. The van der Waals surface area contributed by atoms with Crippen LogP contribution < -0.4 is 15.8 Å². The van der Waals surface area contributed by atoms with Crippen LogP contribution >= 0.6 is 11.6 Å². The molecule has 166 valence electrons. The number of halogens is 1. The van der Waals surface area contributed by atoms with E-state index >= 15 is 0 Å². The Hall–Kier alpha value is -3.59. The van der Waals surface area contributed by atoms with Crippen LogP contribution in [0.4, 0.5) is 5.69 Å². The smallest absolute Gasteiger partial charge is 0.292 e. The van der Waals surface area contributed by atoms with E-state index in [0.717, 1.165) is 0 Å². The summed E-state index contributed by atoms with van der Waals surface area (Å²) in [6, 6.07) is 11.5. The van der Waals surface area contributed by atoms with Crippen LogP contribution in [0.5, 0.6) is 0 Å². The number of piperazine rings is 1. The molecule has 2 amide bonds. The van der Waals surface area contributed by atoms with Gasteiger partial charge in [-0.05, 0) is 31.2 Å². The molecule has 4 rings (SSSR count). The van der Waals surface area contributed by atoms with Gasteiger partial charge in [-0.15, -0.1) is 0 Å². The summed E-state index contributed by atoms with van der Waals surface area (Å²) < 4.78 is 6.31. The van der Waals surface area contributed by atoms with E-state index in [0.29, 0.717) is 37.6 Å². The molecule has 9 nitrogen and oxygen atoms in total. The number of carbonyl (C=O) groups excluding carboxylic acids is 2. The second-order valence-corrected chi connectivity index (χ2v) is 7.76. The molecule has 1 aliphatic rings. The fourth-order valence-corrected chi connectivity index (χ4v) is 3.82. The van der Waals surface area contributed by atoms with Gasteiger partial charge in [0.05, 0.1) is 23.8 Å². The summed E-state index contributed by atoms with van der Waals surface area (Å²) in [4.78, 5) is 41.2. The van der Waals surface area contributed by atoms with Crippen molar-refractivity contribution in [2.45, 2.75) is 13.0 Å². The van der Waals surface area contributed by atoms with Crippen molar-refractivity contribution in [3.63, 3.8) is 0 Å². The molecule has 1 saturated heterocycles. The SMILES string of the molecule is CC(NC(=O)c1ccco1)C(=O)N1CCN(c2cnn(-c3ccccc3)c(=O)c2Cl)CC1. The predicted molar refractivity (Wildman–Crippen MR) is 119 cm³/mol. The molecule has 0 saturated carbocycles. The van der Waals surface area contributed by atoms with Crippen LogP contribution in [0.15, 0.2) is 64.1 Å². The molecule has 0 aliphatic carbocycles. The summed E-state index contributed by atoms with van der Waals surface area (Å²) >= 11 is 6.39. The number of furan rings is 1. The van der Waals surface area contributed by atoms with Crippen molar-refractivity contribution in [2.75, 3.05) is 31.1 Å². The van der Waals surface area contributed by atoms with Crippen molar-refractivity contribution in [1.82, 2.24) is 20.0 Å². The fourth-order valence-electron chi connectivity index (χ4n) is 3.58. The zero-order valence-corrected chi connectivity index (χ0v) is 18.2. The number of para-hydroxylation sites is 1. The van der Waals surface area contributed by atoms with E-state index in [4.69, 9.17) is 16.0 Å². The molecule has 1 aliphatic heterocycles. The lowest BCUT2D eigenvalue weighted by atomic mass is 10.2. The van der Waals surface area contributed by atoms with Crippen LogP contribution in [0, 0.1) is 0 Å². The third-order valence-corrected chi connectivity index (χ3v) is 5.65. The molecular formula is C22H22ClN5O4. The van der Waals surface area contributed by atoms with Gasteiger partial charge in [0.2, 0.25) is 5.91 Å². The molecule has 32 heavy (non-hydrogen) atoms. The lowest BCUT2D eigenvalue weighted by Crippen LogP contribution is -2.54. The predicted octanol–water partition coefficient (Wildman–Crippen LogP) is 1.95.